The third-order valence-electron chi connectivity index (χ3n) is 9.87. The first kappa shape index (κ1) is 25.3. The third kappa shape index (κ3) is 3.34. The van der Waals surface area contributed by atoms with Crippen molar-refractivity contribution in [2.45, 2.75) is 38.7 Å². The van der Waals surface area contributed by atoms with E-state index in [-0.39, 0.29) is 5.41 Å². The van der Waals surface area contributed by atoms with Crippen LogP contribution in [0.3, 0.4) is 0 Å². The van der Waals surface area contributed by atoms with E-state index in [2.05, 4.69) is 92.7 Å². The molecule has 0 amide bonds. The second-order valence-electron chi connectivity index (χ2n) is 11.9. The van der Waals surface area contributed by atoms with E-state index in [1.807, 2.05) is 30.3 Å². The summed E-state index contributed by atoms with van der Waals surface area (Å²) in [4.78, 5) is 10.8. The van der Waals surface area contributed by atoms with Crippen LogP contribution in [-0.2, 0) is 12.0 Å². The highest BCUT2D eigenvalue weighted by Gasteiger charge is 2.44. The second-order valence-corrected chi connectivity index (χ2v) is 11.9. The molecule has 2 aromatic heterocycles. The van der Waals surface area contributed by atoms with Crippen LogP contribution in [0.5, 0.6) is 5.75 Å². The lowest BCUT2D eigenvalue weighted by Crippen LogP contribution is -2.23. The van der Waals surface area contributed by atoms with Crippen molar-refractivity contribution in [1.29, 1.82) is 0 Å². The predicted octanol–water partition coefficient (Wildman–Crippen LogP) is 10.4. The standard InChI is InChI=1S/C40H30N2O2/c1-3-40(4-2)30-19-11-8-16-25(30)34-28(22-33-35(36(34)40)26-17-9-13-21-32(26)44-33)39-41-37(24-14-6-5-7-15-24)29-23-43-31-20-12-10-18-27(31)38(29)42-39/h5-22H,3-4,23H2,1-2H3. The van der Waals surface area contributed by atoms with Gasteiger partial charge in [0, 0.05) is 38.4 Å². The van der Waals surface area contributed by atoms with Crippen molar-refractivity contribution in [2.24, 2.45) is 0 Å². The summed E-state index contributed by atoms with van der Waals surface area (Å²) in [6.07, 6.45) is 1.97. The van der Waals surface area contributed by atoms with E-state index in [0.29, 0.717) is 12.4 Å². The molecule has 0 N–H and O–H groups in total. The van der Waals surface area contributed by atoms with Gasteiger partial charge in [-0.3, -0.25) is 0 Å². The maximum atomic E-state index is 6.63. The number of furan rings is 1. The Morgan fingerprint density at radius 3 is 2.23 bits per heavy atom. The minimum atomic E-state index is -0.149. The summed E-state index contributed by atoms with van der Waals surface area (Å²) < 4.78 is 12.9. The summed E-state index contributed by atoms with van der Waals surface area (Å²) in [5.74, 6) is 1.55. The normalized spacial score (nSPS) is 14.1. The van der Waals surface area contributed by atoms with Crippen molar-refractivity contribution in [3.05, 3.63) is 126 Å². The number of hydrogen-bond donors (Lipinski definition) is 0. The molecule has 5 aromatic carbocycles. The maximum Gasteiger partial charge on any atom is 0.161 e. The van der Waals surface area contributed by atoms with Gasteiger partial charge in [0.2, 0.25) is 0 Å². The average molecular weight is 571 g/mol. The Bertz CT molecular complexity index is 2240. The van der Waals surface area contributed by atoms with E-state index in [0.717, 1.165) is 68.8 Å². The number of rotatable bonds is 4. The van der Waals surface area contributed by atoms with Crippen LogP contribution in [0.1, 0.15) is 43.4 Å². The zero-order valence-corrected chi connectivity index (χ0v) is 24.7. The molecule has 4 heteroatoms. The molecule has 7 aromatic rings. The number of hydrogen-bond acceptors (Lipinski definition) is 4. The van der Waals surface area contributed by atoms with Crippen LogP contribution in [0, 0.1) is 0 Å². The molecule has 0 radical (unpaired) electrons. The topological polar surface area (TPSA) is 48.2 Å². The number of para-hydroxylation sites is 2. The molecule has 212 valence electrons. The van der Waals surface area contributed by atoms with Crippen LogP contribution in [0.2, 0.25) is 0 Å². The van der Waals surface area contributed by atoms with Crippen LogP contribution in [0.25, 0.3) is 67.0 Å². The van der Waals surface area contributed by atoms with E-state index < -0.39 is 0 Å². The van der Waals surface area contributed by atoms with Gasteiger partial charge in [0.05, 0.1) is 11.4 Å². The molecule has 3 heterocycles. The van der Waals surface area contributed by atoms with E-state index in [9.17, 15) is 0 Å². The molecular formula is C40H30N2O2. The molecule has 4 nitrogen and oxygen atoms in total. The number of aromatic nitrogens is 2. The van der Waals surface area contributed by atoms with Crippen molar-refractivity contribution in [3.8, 4) is 50.8 Å². The van der Waals surface area contributed by atoms with E-state index in [4.69, 9.17) is 19.1 Å². The van der Waals surface area contributed by atoms with Gasteiger partial charge in [0.25, 0.3) is 0 Å². The Morgan fingerprint density at radius 1 is 0.682 bits per heavy atom. The number of benzene rings is 5. The van der Waals surface area contributed by atoms with Gasteiger partial charge in [0.1, 0.15) is 23.5 Å². The van der Waals surface area contributed by atoms with Crippen molar-refractivity contribution >= 4 is 21.9 Å². The number of nitrogens with zero attached hydrogens (tertiary/aromatic N) is 2. The monoisotopic (exact) mass is 570 g/mol. The highest BCUT2D eigenvalue weighted by molar-refractivity contribution is 6.14. The van der Waals surface area contributed by atoms with Crippen molar-refractivity contribution in [2.75, 3.05) is 0 Å². The van der Waals surface area contributed by atoms with Crippen LogP contribution < -0.4 is 4.74 Å². The van der Waals surface area contributed by atoms with Gasteiger partial charge >= 0.3 is 0 Å². The molecule has 0 saturated carbocycles. The fourth-order valence-electron chi connectivity index (χ4n) is 7.80. The van der Waals surface area contributed by atoms with Gasteiger partial charge < -0.3 is 9.15 Å². The Labute approximate surface area is 256 Å². The largest absolute Gasteiger partial charge is 0.488 e. The summed E-state index contributed by atoms with van der Waals surface area (Å²) in [5.41, 5.74) is 12.7. The molecule has 2 aliphatic rings. The lowest BCUT2D eigenvalue weighted by molar-refractivity contribution is 0.301. The number of fused-ring (bicyclic) bond motifs is 10. The van der Waals surface area contributed by atoms with E-state index >= 15 is 0 Å². The summed E-state index contributed by atoms with van der Waals surface area (Å²) >= 11 is 0. The van der Waals surface area contributed by atoms with Gasteiger partial charge in [-0.1, -0.05) is 98.8 Å². The number of ether oxygens (including phenoxy) is 1. The van der Waals surface area contributed by atoms with Gasteiger partial charge in [0.15, 0.2) is 5.82 Å². The molecule has 0 fully saturated rings. The summed E-state index contributed by atoms with van der Waals surface area (Å²) in [7, 11) is 0. The van der Waals surface area contributed by atoms with E-state index in [1.54, 1.807) is 0 Å². The molecule has 44 heavy (non-hydrogen) atoms. The van der Waals surface area contributed by atoms with Gasteiger partial charge in [-0.2, -0.15) is 0 Å². The van der Waals surface area contributed by atoms with Gasteiger partial charge in [-0.25, -0.2) is 9.97 Å². The van der Waals surface area contributed by atoms with Crippen LogP contribution >= 0.6 is 0 Å². The van der Waals surface area contributed by atoms with Crippen molar-refractivity contribution < 1.29 is 9.15 Å². The molecule has 0 bridgehead atoms. The first-order valence-electron chi connectivity index (χ1n) is 15.5. The molecule has 1 aliphatic carbocycles. The molecule has 0 spiro atoms. The first-order valence-corrected chi connectivity index (χ1v) is 15.5. The molecule has 0 saturated heterocycles. The van der Waals surface area contributed by atoms with Crippen LogP contribution in [-0.4, -0.2) is 9.97 Å². The maximum absolute atomic E-state index is 6.63. The summed E-state index contributed by atoms with van der Waals surface area (Å²) in [6, 6.07) is 38.1. The second kappa shape index (κ2) is 9.39. The fraction of sp³-hybridized carbons (Fsp3) is 0.150. The molecule has 1 aliphatic heterocycles. The quantitative estimate of drug-likeness (QED) is 0.211. The Morgan fingerprint density at radius 2 is 1.39 bits per heavy atom. The fourth-order valence-corrected chi connectivity index (χ4v) is 7.80. The Kier molecular flexibility index (Phi) is 5.40. The zero-order valence-electron chi connectivity index (χ0n) is 24.7. The smallest absolute Gasteiger partial charge is 0.161 e. The Balaban J connectivity index is 1.45. The van der Waals surface area contributed by atoms with Crippen LogP contribution in [0.4, 0.5) is 0 Å². The lowest BCUT2D eigenvalue weighted by atomic mass is 9.72. The highest BCUT2D eigenvalue weighted by Crippen LogP contribution is 2.59. The minimum absolute atomic E-state index is 0.149. The zero-order chi connectivity index (χ0) is 29.4. The molecule has 0 unspecified atom stereocenters. The van der Waals surface area contributed by atoms with E-state index in [1.165, 1.54) is 27.6 Å². The molecule has 0 atom stereocenters. The SMILES string of the molecule is CCC1(CC)c2ccccc2-c2c(-c3nc(-c4ccccc4)c4c(n3)-c3ccccc3OC4)cc3oc4ccccc4c3c21. The Hall–Kier alpha value is -5.22. The molecular weight excluding hydrogens is 540 g/mol. The average Bonchev–Trinajstić information content (AvgIpc) is 3.61. The van der Waals surface area contributed by atoms with Gasteiger partial charge in [-0.05, 0) is 59.4 Å². The molecule has 9 rings (SSSR count). The summed E-state index contributed by atoms with van der Waals surface area (Å²) in [5, 5.41) is 2.37. The third-order valence-corrected chi connectivity index (χ3v) is 9.87. The van der Waals surface area contributed by atoms with Crippen molar-refractivity contribution in [3.63, 3.8) is 0 Å². The van der Waals surface area contributed by atoms with Crippen LogP contribution in [0.15, 0.2) is 114 Å². The minimum Gasteiger partial charge on any atom is -0.488 e. The lowest BCUT2D eigenvalue weighted by Gasteiger charge is -2.30. The highest BCUT2D eigenvalue weighted by atomic mass is 16.5. The predicted molar refractivity (Wildman–Crippen MR) is 177 cm³/mol. The summed E-state index contributed by atoms with van der Waals surface area (Å²) in [6.45, 7) is 5.06. The first-order chi connectivity index (χ1) is 21.7. The van der Waals surface area contributed by atoms with Crippen molar-refractivity contribution in [1.82, 2.24) is 9.97 Å². The van der Waals surface area contributed by atoms with Gasteiger partial charge in [-0.15, -0.1) is 0 Å².